The van der Waals surface area contributed by atoms with E-state index in [1.165, 1.54) is 56.4 Å². The Balaban J connectivity index is 1.71. The lowest BCUT2D eigenvalue weighted by atomic mass is 10.1. The maximum absolute atomic E-state index is 4.27. The number of aromatic nitrogens is 1. The molecule has 1 saturated heterocycles. The lowest BCUT2D eigenvalue weighted by Crippen LogP contribution is -2.31. The van der Waals surface area contributed by atoms with Crippen LogP contribution in [0.2, 0.25) is 0 Å². The molecule has 1 saturated carbocycles. The van der Waals surface area contributed by atoms with Gasteiger partial charge < -0.3 is 10.2 Å². The zero-order valence-corrected chi connectivity index (χ0v) is 10.4. The molecule has 2 aliphatic rings. The Kier molecular flexibility index (Phi) is 3.27. The van der Waals surface area contributed by atoms with Gasteiger partial charge in [0.05, 0.1) is 0 Å². The number of pyridine rings is 1. The summed E-state index contributed by atoms with van der Waals surface area (Å²) in [6.45, 7) is 3.39. The molecule has 17 heavy (non-hydrogen) atoms. The highest BCUT2D eigenvalue weighted by molar-refractivity contribution is 5.52. The Labute approximate surface area is 103 Å². The Bertz CT molecular complexity index is 367. The summed E-state index contributed by atoms with van der Waals surface area (Å²) in [5.74, 6) is 0. The van der Waals surface area contributed by atoms with Crippen molar-refractivity contribution in [1.29, 1.82) is 0 Å². The van der Waals surface area contributed by atoms with Crippen molar-refractivity contribution < 1.29 is 0 Å². The minimum atomic E-state index is 0.768. The second-order valence-electron chi connectivity index (χ2n) is 5.21. The van der Waals surface area contributed by atoms with E-state index < -0.39 is 0 Å². The van der Waals surface area contributed by atoms with Gasteiger partial charge in [0.2, 0.25) is 0 Å². The number of nitrogens with one attached hydrogen (secondary N) is 1. The molecular formula is C14H21N3. The number of rotatable bonds is 4. The highest BCUT2D eigenvalue weighted by Crippen LogP contribution is 2.25. The lowest BCUT2D eigenvalue weighted by molar-refractivity contribution is 0.574. The number of hydrogen-bond donors (Lipinski definition) is 1. The maximum Gasteiger partial charge on any atom is 0.0442 e. The fourth-order valence-electron chi connectivity index (χ4n) is 2.54. The van der Waals surface area contributed by atoms with E-state index in [-0.39, 0.29) is 0 Å². The highest BCUT2D eigenvalue weighted by atomic mass is 15.1. The monoisotopic (exact) mass is 231 g/mol. The zero-order valence-electron chi connectivity index (χ0n) is 10.4. The third kappa shape index (κ3) is 2.78. The van der Waals surface area contributed by atoms with Crippen molar-refractivity contribution in [2.24, 2.45) is 0 Å². The van der Waals surface area contributed by atoms with Gasteiger partial charge in [-0.1, -0.05) is 0 Å². The molecule has 1 N–H and O–H groups in total. The molecule has 0 radical (unpaired) electrons. The third-order valence-corrected chi connectivity index (χ3v) is 3.73. The van der Waals surface area contributed by atoms with Crippen molar-refractivity contribution in [2.75, 3.05) is 18.0 Å². The molecule has 1 aromatic heterocycles. The van der Waals surface area contributed by atoms with Gasteiger partial charge in [0.15, 0.2) is 0 Å². The van der Waals surface area contributed by atoms with Gasteiger partial charge in [-0.25, -0.2) is 0 Å². The van der Waals surface area contributed by atoms with Crippen LogP contribution < -0.4 is 10.2 Å². The SMILES string of the molecule is c1cc(N2CCCCC2)c(CNC2CC2)cn1. The molecule has 0 spiro atoms. The van der Waals surface area contributed by atoms with E-state index in [2.05, 4.69) is 21.3 Å². The molecule has 2 fully saturated rings. The van der Waals surface area contributed by atoms with Crippen molar-refractivity contribution in [1.82, 2.24) is 10.3 Å². The number of anilines is 1. The number of nitrogens with zero attached hydrogens (tertiary/aromatic N) is 2. The van der Waals surface area contributed by atoms with Crippen LogP contribution in [-0.2, 0) is 6.54 Å². The molecule has 0 bridgehead atoms. The van der Waals surface area contributed by atoms with Crippen molar-refractivity contribution >= 4 is 5.69 Å². The van der Waals surface area contributed by atoms with Gasteiger partial charge in [0.1, 0.15) is 0 Å². The molecule has 3 rings (SSSR count). The van der Waals surface area contributed by atoms with Crippen molar-refractivity contribution in [3.05, 3.63) is 24.0 Å². The van der Waals surface area contributed by atoms with Crippen LogP contribution in [0.5, 0.6) is 0 Å². The predicted octanol–water partition coefficient (Wildman–Crippen LogP) is 2.32. The van der Waals surface area contributed by atoms with Crippen molar-refractivity contribution in [2.45, 2.75) is 44.7 Å². The van der Waals surface area contributed by atoms with Gasteiger partial charge in [-0.3, -0.25) is 4.98 Å². The molecule has 1 aliphatic heterocycles. The molecule has 0 unspecified atom stereocenters. The molecule has 0 atom stereocenters. The van der Waals surface area contributed by atoms with Crippen LogP contribution in [0.4, 0.5) is 5.69 Å². The van der Waals surface area contributed by atoms with Crippen LogP contribution in [0.25, 0.3) is 0 Å². The summed E-state index contributed by atoms with van der Waals surface area (Å²) in [5, 5.41) is 3.59. The van der Waals surface area contributed by atoms with Crippen LogP contribution in [-0.4, -0.2) is 24.1 Å². The predicted molar refractivity (Wildman–Crippen MR) is 70.2 cm³/mol. The smallest absolute Gasteiger partial charge is 0.0442 e. The summed E-state index contributed by atoms with van der Waals surface area (Å²) < 4.78 is 0. The molecule has 3 heteroatoms. The minimum Gasteiger partial charge on any atom is -0.371 e. The Morgan fingerprint density at radius 2 is 2.06 bits per heavy atom. The topological polar surface area (TPSA) is 28.2 Å². The molecule has 1 aromatic rings. The number of hydrogen-bond acceptors (Lipinski definition) is 3. The van der Waals surface area contributed by atoms with Gasteiger partial charge in [-0.15, -0.1) is 0 Å². The Morgan fingerprint density at radius 3 is 2.82 bits per heavy atom. The molecule has 2 heterocycles. The fraction of sp³-hybridized carbons (Fsp3) is 0.643. The second-order valence-corrected chi connectivity index (χ2v) is 5.21. The van der Waals surface area contributed by atoms with E-state index in [0.29, 0.717) is 0 Å². The summed E-state index contributed by atoms with van der Waals surface area (Å²) >= 11 is 0. The first-order chi connectivity index (χ1) is 8.43. The minimum absolute atomic E-state index is 0.768. The summed E-state index contributed by atoms with van der Waals surface area (Å²) in [6, 6.07) is 2.94. The average Bonchev–Trinajstić information content (AvgIpc) is 3.22. The average molecular weight is 231 g/mol. The van der Waals surface area contributed by atoms with Gasteiger partial charge in [0.25, 0.3) is 0 Å². The van der Waals surface area contributed by atoms with E-state index >= 15 is 0 Å². The van der Waals surface area contributed by atoms with Crippen LogP contribution in [0, 0.1) is 0 Å². The highest BCUT2D eigenvalue weighted by Gasteiger charge is 2.21. The molecule has 92 valence electrons. The molecular weight excluding hydrogens is 210 g/mol. The van der Waals surface area contributed by atoms with Crippen LogP contribution in [0.1, 0.15) is 37.7 Å². The quantitative estimate of drug-likeness (QED) is 0.862. The largest absolute Gasteiger partial charge is 0.371 e. The van der Waals surface area contributed by atoms with Gasteiger partial charge in [-0.05, 0) is 38.2 Å². The van der Waals surface area contributed by atoms with Gasteiger partial charge >= 0.3 is 0 Å². The normalized spacial score (nSPS) is 20.6. The Morgan fingerprint density at radius 1 is 1.24 bits per heavy atom. The van der Waals surface area contributed by atoms with Crippen LogP contribution >= 0.6 is 0 Å². The summed E-state index contributed by atoms with van der Waals surface area (Å²) in [6.07, 6.45) is 10.7. The third-order valence-electron chi connectivity index (χ3n) is 3.73. The lowest BCUT2D eigenvalue weighted by Gasteiger charge is -2.30. The van der Waals surface area contributed by atoms with E-state index in [1.807, 2.05) is 12.4 Å². The first-order valence-corrected chi connectivity index (χ1v) is 6.85. The van der Waals surface area contributed by atoms with Gasteiger partial charge in [-0.2, -0.15) is 0 Å². The summed E-state index contributed by atoms with van der Waals surface area (Å²) in [5.41, 5.74) is 2.76. The molecule has 0 aromatic carbocycles. The molecule has 1 aliphatic carbocycles. The molecule has 3 nitrogen and oxygen atoms in total. The second kappa shape index (κ2) is 5.05. The zero-order chi connectivity index (χ0) is 11.5. The molecule has 0 amide bonds. The van der Waals surface area contributed by atoms with E-state index in [1.54, 1.807) is 0 Å². The van der Waals surface area contributed by atoms with Crippen LogP contribution in [0.15, 0.2) is 18.5 Å². The first-order valence-electron chi connectivity index (χ1n) is 6.85. The Hall–Kier alpha value is -1.09. The van der Waals surface area contributed by atoms with Crippen molar-refractivity contribution in [3.63, 3.8) is 0 Å². The van der Waals surface area contributed by atoms with Crippen LogP contribution in [0.3, 0.4) is 0 Å². The number of piperidine rings is 1. The standard InChI is InChI=1S/C14H21N3/c1-2-8-17(9-3-1)14-6-7-15-10-12(14)11-16-13-4-5-13/h6-7,10,13,16H,1-5,8-9,11H2. The van der Waals surface area contributed by atoms with Crippen molar-refractivity contribution in [3.8, 4) is 0 Å². The van der Waals surface area contributed by atoms with E-state index in [9.17, 15) is 0 Å². The van der Waals surface area contributed by atoms with Gasteiger partial charge in [0, 0.05) is 49.3 Å². The van der Waals surface area contributed by atoms with E-state index in [4.69, 9.17) is 0 Å². The first kappa shape index (κ1) is 11.0. The van der Waals surface area contributed by atoms with E-state index in [0.717, 1.165) is 12.6 Å². The fourth-order valence-corrected chi connectivity index (χ4v) is 2.54. The summed E-state index contributed by atoms with van der Waals surface area (Å²) in [4.78, 5) is 6.79. The summed E-state index contributed by atoms with van der Waals surface area (Å²) in [7, 11) is 0. The maximum atomic E-state index is 4.27.